The van der Waals surface area contributed by atoms with Gasteiger partial charge in [-0.15, -0.1) is 11.3 Å². The minimum atomic E-state index is -3.06. The highest BCUT2D eigenvalue weighted by Crippen LogP contribution is 2.37. The molecule has 1 aliphatic carbocycles. The molecule has 0 unspecified atom stereocenters. The molecule has 1 aromatic carbocycles. The highest BCUT2D eigenvalue weighted by molar-refractivity contribution is 7.14. The number of nitrogens with one attached hydrogen (secondary N) is 1. The predicted octanol–water partition coefficient (Wildman–Crippen LogP) is 3.88. The molecule has 0 atom stereocenters. The highest BCUT2D eigenvalue weighted by atomic mass is 32.1. The van der Waals surface area contributed by atoms with Gasteiger partial charge in [0, 0.05) is 24.3 Å². The molecule has 27 heavy (non-hydrogen) atoms. The van der Waals surface area contributed by atoms with Crippen molar-refractivity contribution in [3.05, 3.63) is 35.1 Å². The van der Waals surface area contributed by atoms with Crippen LogP contribution in [0, 0.1) is 11.7 Å². The van der Waals surface area contributed by atoms with E-state index in [2.05, 4.69) is 15.0 Å². The van der Waals surface area contributed by atoms with Crippen molar-refractivity contribution in [2.75, 3.05) is 5.32 Å². The van der Waals surface area contributed by atoms with E-state index >= 15 is 0 Å². The normalized spacial score (nSPS) is 18.7. The van der Waals surface area contributed by atoms with Crippen molar-refractivity contribution in [3.63, 3.8) is 0 Å². The van der Waals surface area contributed by atoms with Crippen molar-refractivity contribution in [1.29, 1.82) is 0 Å². The summed E-state index contributed by atoms with van der Waals surface area (Å²) < 4.78 is 48.0. The Hall–Kier alpha value is -2.62. The fourth-order valence-electron chi connectivity index (χ4n) is 2.52. The van der Waals surface area contributed by atoms with Crippen LogP contribution in [-0.4, -0.2) is 29.4 Å². The van der Waals surface area contributed by atoms with E-state index in [1.54, 1.807) is 5.38 Å². The SMILES string of the molecule is CC(=O)c1csc(NC(=O)[C@H]2C[C@H](Oc3cc(F)ccc3OC(F)F)C2)n1. The lowest BCUT2D eigenvalue weighted by molar-refractivity contribution is -0.125. The van der Waals surface area contributed by atoms with Crippen molar-refractivity contribution in [2.45, 2.75) is 32.5 Å². The zero-order valence-corrected chi connectivity index (χ0v) is 14.9. The molecule has 1 amide bonds. The molecule has 2 aromatic rings. The average Bonchev–Trinajstić information content (AvgIpc) is 3.01. The molecule has 3 rings (SSSR count). The topological polar surface area (TPSA) is 77.5 Å². The van der Waals surface area contributed by atoms with Crippen LogP contribution in [0.2, 0.25) is 0 Å². The predicted molar refractivity (Wildman–Crippen MR) is 90.9 cm³/mol. The van der Waals surface area contributed by atoms with Crippen LogP contribution in [0.5, 0.6) is 11.5 Å². The van der Waals surface area contributed by atoms with Gasteiger partial charge in [0.2, 0.25) is 5.91 Å². The zero-order valence-electron chi connectivity index (χ0n) is 14.1. The van der Waals surface area contributed by atoms with Crippen molar-refractivity contribution in [2.24, 2.45) is 5.92 Å². The Morgan fingerprint density at radius 1 is 1.30 bits per heavy atom. The molecule has 1 heterocycles. The van der Waals surface area contributed by atoms with Gasteiger partial charge in [0.15, 0.2) is 22.4 Å². The Morgan fingerprint density at radius 3 is 2.67 bits per heavy atom. The number of ether oxygens (including phenoxy) is 2. The van der Waals surface area contributed by atoms with Crippen LogP contribution >= 0.6 is 11.3 Å². The number of hydrogen-bond acceptors (Lipinski definition) is 6. The van der Waals surface area contributed by atoms with Gasteiger partial charge in [-0.1, -0.05) is 0 Å². The van der Waals surface area contributed by atoms with Gasteiger partial charge in [-0.3, -0.25) is 9.59 Å². The second kappa shape index (κ2) is 7.95. The first-order valence-electron chi connectivity index (χ1n) is 8.00. The molecule has 144 valence electrons. The Labute approximate surface area is 156 Å². The summed E-state index contributed by atoms with van der Waals surface area (Å²) in [5.41, 5.74) is 0.280. The molecule has 6 nitrogen and oxygen atoms in total. The quantitative estimate of drug-likeness (QED) is 0.714. The van der Waals surface area contributed by atoms with Gasteiger partial charge in [0.05, 0.1) is 0 Å². The van der Waals surface area contributed by atoms with Crippen molar-refractivity contribution in [3.8, 4) is 11.5 Å². The molecule has 0 aliphatic heterocycles. The Morgan fingerprint density at radius 2 is 2.04 bits per heavy atom. The average molecular weight is 400 g/mol. The summed E-state index contributed by atoms with van der Waals surface area (Å²) >= 11 is 1.15. The molecule has 1 aromatic heterocycles. The number of alkyl halides is 2. The summed E-state index contributed by atoms with van der Waals surface area (Å²) in [5, 5.41) is 4.51. The second-order valence-electron chi connectivity index (χ2n) is 5.96. The number of carbonyl (C=O) groups excluding carboxylic acids is 2. The van der Waals surface area contributed by atoms with E-state index in [1.807, 2.05) is 0 Å². The number of amides is 1. The molecule has 0 saturated heterocycles. The molecule has 0 spiro atoms. The Bertz CT molecular complexity index is 852. The number of halogens is 3. The lowest BCUT2D eigenvalue weighted by atomic mass is 9.81. The van der Waals surface area contributed by atoms with E-state index in [-0.39, 0.29) is 34.8 Å². The van der Waals surface area contributed by atoms with Crippen LogP contribution in [-0.2, 0) is 4.79 Å². The van der Waals surface area contributed by atoms with Crippen LogP contribution in [0.3, 0.4) is 0 Å². The minimum Gasteiger partial charge on any atom is -0.486 e. The molecular weight excluding hydrogens is 385 g/mol. The summed E-state index contributed by atoms with van der Waals surface area (Å²) in [7, 11) is 0. The number of Topliss-reactive ketones (excluding diaryl/α,β-unsaturated/α-hetero) is 1. The fraction of sp³-hybridized carbons (Fsp3) is 0.353. The first-order chi connectivity index (χ1) is 12.8. The van der Waals surface area contributed by atoms with E-state index in [0.717, 1.165) is 29.5 Å². The van der Waals surface area contributed by atoms with Gasteiger partial charge in [0.1, 0.15) is 17.6 Å². The molecule has 1 fully saturated rings. The van der Waals surface area contributed by atoms with Gasteiger partial charge in [-0.25, -0.2) is 9.37 Å². The van der Waals surface area contributed by atoms with Crippen molar-refractivity contribution < 1.29 is 32.2 Å². The summed E-state index contributed by atoms with van der Waals surface area (Å²) in [5.74, 6) is -1.87. The van der Waals surface area contributed by atoms with E-state index < -0.39 is 18.5 Å². The number of anilines is 1. The standard InChI is InChI=1S/C17H15F3N2O4S/c1-8(23)12-7-27-17(21-12)22-15(24)9-4-11(5-9)25-14-6-10(18)2-3-13(14)26-16(19)20/h2-3,6-7,9,11,16H,4-5H2,1H3,(H,21,22,24)/t9-,11-. The van der Waals surface area contributed by atoms with Crippen LogP contribution < -0.4 is 14.8 Å². The van der Waals surface area contributed by atoms with Gasteiger partial charge >= 0.3 is 6.61 Å². The number of carbonyl (C=O) groups is 2. The third-order valence-electron chi connectivity index (χ3n) is 3.98. The van der Waals surface area contributed by atoms with Gasteiger partial charge in [0.25, 0.3) is 0 Å². The molecule has 10 heteroatoms. The third kappa shape index (κ3) is 4.76. The summed E-state index contributed by atoms with van der Waals surface area (Å²) in [4.78, 5) is 27.4. The summed E-state index contributed by atoms with van der Waals surface area (Å²) in [6.45, 7) is -1.68. The summed E-state index contributed by atoms with van der Waals surface area (Å²) in [6, 6.07) is 3.02. The van der Waals surface area contributed by atoms with E-state index in [1.165, 1.54) is 6.92 Å². The van der Waals surface area contributed by atoms with E-state index in [0.29, 0.717) is 18.0 Å². The number of ketones is 1. The Balaban J connectivity index is 1.54. The maximum absolute atomic E-state index is 13.3. The largest absolute Gasteiger partial charge is 0.486 e. The zero-order chi connectivity index (χ0) is 19.6. The van der Waals surface area contributed by atoms with Crippen LogP contribution in [0.25, 0.3) is 0 Å². The molecule has 1 aliphatic rings. The maximum Gasteiger partial charge on any atom is 0.387 e. The van der Waals surface area contributed by atoms with Gasteiger partial charge in [-0.2, -0.15) is 8.78 Å². The molecule has 0 bridgehead atoms. The lowest BCUT2D eigenvalue weighted by Crippen LogP contribution is -2.40. The Kier molecular flexibility index (Phi) is 5.64. The number of aromatic nitrogens is 1. The summed E-state index contributed by atoms with van der Waals surface area (Å²) in [6.07, 6.45) is 0.245. The van der Waals surface area contributed by atoms with Gasteiger partial charge in [-0.05, 0) is 25.0 Å². The first kappa shape index (κ1) is 19.2. The molecular formula is C17H15F3N2O4S. The lowest BCUT2D eigenvalue weighted by Gasteiger charge is -2.34. The molecule has 1 N–H and O–H groups in total. The number of nitrogens with zero attached hydrogens (tertiary/aromatic N) is 1. The molecule has 1 saturated carbocycles. The number of benzene rings is 1. The smallest absolute Gasteiger partial charge is 0.387 e. The highest BCUT2D eigenvalue weighted by Gasteiger charge is 2.37. The number of rotatable bonds is 7. The van der Waals surface area contributed by atoms with E-state index in [9.17, 15) is 22.8 Å². The van der Waals surface area contributed by atoms with Crippen LogP contribution in [0.4, 0.5) is 18.3 Å². The van der Waals surface area contributed by atoms with Gasteiger partial charge < -0.3 is 14.8 Å². The number of hydrogen-bond donors (Lipinski definition) is 1. The van der Waals surface area contributed by atoms with E-state index in [4.69, 9.17) is 4.74 Å². The first-order valence-corrected chi connectivity index (χ1v) is 8.88. The fourth-order valence-corrected chi connectivity index (χ4v) is 3.28. The van der Waals surface area contributed by atoms with Crippen LogP contribution in [0.1, 0.15) is 30.3 Å². The maximum atomic E-state index is 13.3. The monoisotopic (exact) mass is 400 g/mol. The minimum absolute atomic E-state index is 0.134. The van der Waals surface area contributed by atoms with Crippen molar-refractivity contribution in [1.82, 2.24) is 4.98 Å². The van der Waals surface area contributed by atoms with Crippen molar-refractivity contribution >= 4 is 28.2 Å². The number of thiazole rings is 1. The third-order valence-corrected chi connectivity index (χ3v) is 4.73. The second-order valence-corrected chi connectivity index (χ2v) is 6.82. The molecule has 0 radical (unpaired) electrons. The van der Waals surface area contributed by atoms with Crippen LogP contribution in [0.15, 0.2) is 23.6 Å².